The highest BCUT2D eigenvalue weighted by Gasteiger charge is 2.17. The van der Waals surface area contributed by atoms with Crippen LogP contribution in [0.15, 0.2) is 35.4 Å². The van der Waals surface area contributed by atoms with E-state index in [1.54, 1.807) is 12.1 Å². The molecule has 6 nitrogen and oxygen atoms in total. The molecule has 0 spiro atoms. The Hall–Kier alpha value is -3.02. The maximum atomic E-state index is 12.5. The standard InChI is InChI=1S/C20H24N2O4/c1-12-7-8-16(13(2)9-12)14(3)21-22-20(23)15-10-17(24-4)19(26-6)18(11-15)25-5/h7-11H,1-6H3,(H,22,23)/b21-14-. The van der Waals surface area contributed by atoms with Crippen molar-refractivity contribution in [3.8, 4) is 17.2 Å². The second-order valence-electron chi connectivity index (χ2n) is 5.87. The molecule has 0 saturated heterocycles. The van der Waals surface area contributed by atoms with Gasteiger partial charge in [0.15, 0.2) is 11.5 Å². The van der Waals surface area contributed by atoms with Gasteiger partial charge in [0.05, 0.1) is 27.0 Å². The molecule has 0 aliphatic rings. The SMILES string of the molecule is COc1cc(C(=O)N/N=C(/C)c2ccc(C)cc2C)cc(OC)c1OC. The third-order valence-corrected chi connectivity index (χ3v) is 4.02. The van der Waals surface area contributed by atoms with Crippen LogP contribution in [0.2, 0.25) is 0 Å². The summed E-state index contributed by atoms with van der Waals surface area (Å²) in [6.45, 7) is 5.91. The highest BCUT2D eigenvalue weighted by Crippen LogP contribution is 2.38. The molecular weight excluding hydrogens is 332 g/mol. The Morgan fingerprint density at radius 2 is 1.58 bits per heavy atom. The molecule has 0 atom stereocenters. The summed E-state index contributed by atoms with van der Waals surface area (Å²) >= 11 is 0. The predicted molar refractivity (Wildman–Crippen MR) is 102 cm³/mol. The number of hydrogen-bond acceptors (Lipinski definition) is 5. The van der Waals surface area contributed by atoms with Crippen molar-refractivity contribution in [2.24, 2.45) is 5.10 Å². The predicted octanol–water partition coefficient (Wildman–Crippen LogP) is 3.48. The molecule has 0 saturated carbocycles. The van der Waals surface area contributed by atoms with Crippen molar-refractivity contribution in [1.82, 2.24) is 5.43 Å². The summed E-state index contributed by atoms with van der Waals surface area (Å²) < 4.78 is 15.8. The number of benzene rings is 2. The van der Waals surface area contributed by atoms with Crippen LogP contribution in [-0.4, -0.2) is 32.9 Å². The fraction of sp³-hybridized carbons (Fsp3) is 0.300. The topological polar surface area (TPSA) is 69.2 Å². The minimum Gasteiger partial charge on any atom is -0.493 e. The Labute approximate surface area is 153 Å². The van der Waals surface area contributed by atoms with E-state index in [1.807, 2.05) is 32.9 Å². The molecule has 138 valence electrons. The van der Waals surface area contributed by atoms with Crippen LogP contribution in [0.5, 0.6) is 17.2 Å². The fourth-order valence-electron chi connectivity index (χ4n) is 2.69. The van der Waals surface area contributed by atoms with E-state index >= 15 is 0 Å². The summed E-state index contributed by atoms with van der Waals surface area (Å²) in [5.74, 6) is 0.883. The van der Waals surface area contributed by atoms with E-state index in [1.165, 1.54) is 26.9 Å². The van der Waals surface area contributed by atoms with E-state index < -0.39 is 0 Å². The number of carbonyl (C=O) groups excluding carboxylic acids is 1. The number of nitrogens with one attached hydrogen (secondary N) is 1. The van der Waals surface area contributed by atoms with Gasteiger partial charge in [-0.1, -0.05) is 23.8 Å². The lowest BCUT2D eigenvalue weighted by molar-refractivity contribution is 0.0954. The van der Waals surface area contributed by atoms with Gasteiger partial charge in [-0.3, -0.25) is 4.79 Å². The zero-order valence-corrected chi connectivity index (χ0v) is 16.0. The van der Waals surface area contributed by atoms with Gasteiger partial charge in [-0.05, 0) is 38.5 Å². The van der Waals surface area contributed by atoms with Crippen LogP contribution in [0.25, 0.3) is 0 Å². The van der Waals surface area contributed by atoms with Gasteiger partial charge >= 0.3 is 0 Å². The van der Waals surface area contributed by atoms with Gasteiger partial charge in [0.2, 0.25) is 5.75 Å². The van der Waals surface area contributed by atoms with Crippen molar-refractivity contribution in [3.05, 3.63) is 52.6 Å². The molecule has 26 heavy (non-hydrogen) atoms. The number of ether oxygens (including phenoxy) is 3. The Morgan fingerprint density at radius 1 is 0.962 bits per heavy atom. The van der Waals surface area contributed by atoms with E-state index in [-0.39, 0.29) is 5.91 Å². The molecule has 0 aliphatic heterocycles. The minimum absolute atomic E-state index is 0.358. The van der Waals surface area contributed by atoms with Crippen molar-refractivity contribution in [3.63, 3.8) is 0 Å². The molecule has 6 heteroatoms. The lowest BCUT2D eigenvalue weighted by Crippen LogP contribution is -2.20. The van der Waals surface area contributed by atoms with Crippen LogP contribution in [0.1, 0.15) is 34.0 Å². The van der Waals surface area contributed by atoms with Gasteiger partial charge in [0.25, 0.3) is 5.91 Å². The Bertz CT molecular complexity index is 819. The summed E-state index contributed by atoms with van der Waals surface area (Å²) in [7, 11) is 4.51. The zero-order valence-electron chi connectivity index (χ0n) is 16.0. The zero-order chi connectivity index (χ0) is 19.3. The van der Waals surface area contributed by atoms with Gasteiger partial charge in [-0.15, -0.1) is 0 Å². The molecule has 2 aromatic carbocycles. The van der Waals surface area contributed by atoms with Crippen molar-refractivity contribution in [2.45, 2.75) is 20.8 Å². The van der Waals surface area contributed by atoms with Crippen molar-refractivity contribution >= 4 is 11.6 Å². The highest BCUT2D eigenvalue weighted by atomic mass is 16.5. The van der Waals surface area contributed by atoms with E-state index in [9.17, 15) is 4.79 Å². The van der Waals surface area contributed by atoms with E-state index in [0.717, 1.165) is 16.8 Å². The van der Waals surface area contributed by atoms with Crippen molar-refractivity contribution < 1.29 is 19.0 Å². The summed E-state index contributed by atoms with van der Waals surface area (Å²) in [5, 5.41) is 4.22. The quantitative estimate of drug-likeness (QED) is 0.635. The van der Waals surface area contributed by atoms with E-state index in [4.69, 9.17) is 14.2 Å². The van der Waals surface area contributed by atoms with Crippen LogP contribution in [-0.2, 0) is 0 Å². The second kappa shape index (κ2) is 8.38. The molecule has 0 radical (unpaired) electrons. The summed E-state index contributed by atoms with van der Waals surface area (Å²) in [6.07, 6.45) is 0. The maximum absolute atomic E-state index is 12.5. The summed E-state index contributed by atoms with van der Waals surface area (Å²) in [4.78, 5) is 12.5. The molecule has 0 aromatic heterocycles. The lowest BCUT2D eigenvalue weighted by Gasteiger charge is -2.13. The molecule has 0 aliphatic carbocycles. The first kappa shape index (κ1) is 19.3. The summed E-state index contributed by atoms with van der Waals surface area (Å²) in [5.41, 5.74) is 6.93. The maximum Gasteiger partial charge on any atom is 0.271 e. The van der Waals surface area contributed by atoms with Crippen LogP contribution < -0.4 is 19.6 Å². The average molecular weight is 356 g/mol. The fourth-order valence-corrected chi connectivity index (χ4v) is 2.69. The largest absolute Gasteiger partial charge is 0.493 e. The smallest absolute Gasteiger partial charge is 0.271 e. The van der Waals surface area contributed by atoms with Crippen LogP contribution >= 0.6 is 0 Å². The highest BCUT2D eigenvalue weighted by molar-refractivity contribution is 6.02. The third-order valence-electron chi connectivity index (χ3n) is 4.02. The molecule has 0 fully saturated rings. The number of amides is 1. The minimum atomic E-state index is -0.367. The summed E-state index contributed by atoms with van der Waals surface area (Å²) in [6, 6.07) is 9.25. The van der Waals surface area contributed by atoms with Gasteiger partial charge in [-0.2, -0.15) is 5.10 Å². The number of hydrazone groups is 1. The molecule has 0 heterocycles. The number of carbonyl (C=O) groups is 1. The van der Waals surface area contributed by atoms with E-state index in [0.29, 0.717) is 22.8 Å². The van der Waals surface area contributed by atoms with Gasteiger partial charge in [-0.25, -0.2) is 5.43 Å². The molecule has 1 N–H and O–H groups in total. The first-order valence-electron chi connectivity index (χ1n) is 8.13. The van der Waals surface area contributed by atoms with Crippen LogP contribution in [0, 0.1) is 13.8 Å². The van der Waals surface area contributed by atoms with Gasteiger partial charge < -0.3 is 14.2 Å². The Morgan fingerprint density at radius 3 is 2.08 bits per heavy atom. The third kappa shape index (κ3) is 4.14. The van der Waals surface area contributed by atoms with Gasteiger partial charge in [0.1, 0.15) is 0 Å². The van der Waals surface area contributed by atoms with Gasteiger partial charge in [0, 0.05) is 11.1 Å². The normalized spacial score (nSPS) is 11.1. The van der Waals surface area contributed by atoms with Crippen molar-refractivity contribution in [1.29, 1.82) is 0 Å². The number of methoxy groups -OCH3 is 3. The second-order valence-corrected chi connectivity index (χ2v) is 5.87. The number of nitrogens with zero attached hydrogens (tertiary/aromatic N) is 1. The number of rotatable bonds is 6. The lowest BCUT2D eigenvalue weighted by atomic mass is 10.0. The van der Waals surface area contributed by atoms with E-state index in [2.05, 4.69) is 16.6 Å². The average Bonchev–Trinajstić information content (AvgIpc) is 2.64. The molecule has 0 unspecified atom stereocenters. The first-order valence-corrected chi connectivity index (χ1v) is 8.13. The van der Waals surface area contributed by atoms with Crippen molar-refractivity contribution in [2.75, 3.05) is 21.3 Å². The van der Waals surface area contributed by atoms with Crippen LogP contribution in [0.3, 0.4) is 0 Å². The Balaban J connectivity index is 2.27. The molecule has 0 bridgehead atoms. The molecule has 2 rings (SSSR count). The molecule has 1 amide bonds. The number of hydrogen-bond donors (Lipinski definition) is 1. The monoisotopic (exact) mass is 356 g/mol. The molecule has 2 aromatic rings. The molecular formula is C20H24N2O4. The first-order chi connectivity index (χ1) is 12.4. The number of aryl methyl sites for hydroxylation is 2. The van der Waals surface area contributed by atoms with Crippen LogP contribution in [0.4, 0.5) is 0 Å². The Kier molecular flexibility index (Phi) is 6.22.